The molecule has 4 N–H and O–H groups in total. The number of hydrogen-bond acceptors (Lipinski definition) is 10. The van der Waals surface area contributed by atoms with Crippen molar-refractivity contribution in [3.63, 3.8) is 0 Å². The molecule has 2 aliphatic carbocycles. The first-order valence-corrected chi connectivity index (χ1v) is 32.0. The number of aryl methyl sites for hydroxylation is 6. The predicted molar refractivity (Wildman–Crippen MR) is 353 cm³/mol. The number of halogens is 5. The van der Waals surface area contributed by atoms with Gasteiger partial charge in [-0.25, -0.2) is 14.8 Å². The van der Waals surface area contributed by atoms with Crippen molar-refractivity contribution in [3.8, 4) is 0 Å². The highest BCUT2D eigenvalue weighted by molar-refractivity contribution is 9.10. The molecular formula is C67H64Br2Cl3N13O3. The molecule has 2 unspecified atom stereocenters. The Morgan fingerprint density at radius 2 is 1.06 bits per heavy atom. The SMILES string of the molecule is Cc1cn(Cc2cccc(NC(=O)C3CN([C@@H]4c5ccc(Cl)cc5CCc5cc(Br)cnc54)CCN3)c2)cn1.Cc1cn(Cc2cccc(NC(=O)C3CN([C@@H]4c5ccc(Cl)cc5CCc5cc(Br)cnc54)CCN3C(=O)Nc3ccc(Cl)cc3)c2)cn1. The molecule has 0 radical (unpaired) electrons. The largest absolute Gasteiger partial charge is 0.333 e. The summed E-state index contributed by atoms with van der Waals surface area (Å²) in [7, 11) is 0. The van der Waals surface area contributed by atoms with Crippen LogP contribution >= 0.6 is 66.7 Å². The molecular weight excluding hydrogens is 1300 g/mol. The summed E-state index contributed by atoms with van der Waals surface area (Å²) in [5.74, 6) is -0.315. The number of aromatic nitrogens is 6. The van der Waals surface area contributed by atoms with Crippen LogP contribution in [0.5, 0.6) is 0 Å². The van der Waals surface area contributed by atoms with E-state index in [9.17, 15) is 14.4 Å². The number of piperazine rings is 2. The van der Waals surface area contributed by atoms with E-state index in [1.807, 2.05) is 115 Å². The van der Waals surface area contributed by atoms with Gasteiger partial charge in [0.1, 0.15) is 6.04 Å². The van der Waals surface area contributed by atoms with Gasteiger partial charge in [-0.15, -0.1) is 0 Å². The van der Waals surface area contributed by atoms with Gasteiger partial charge in [-0.2, -0.15) is 0 Å². The van der Waals surface area contributed by atoms with E-state index in [-0.39, 0.29) is 42.5 Å². The third kappa shape index (κ3) is 14.4. The van der Waals surface area contributed by atoms with Crippen molar-refractivity contribution in [2.24, 2.45) is 0 Å². The van der Waals surface area contributed by atoms with Crippen molar-refractivity contribution in [2.45, 2.75) is 76.8 Å². The summed E-state index contributed by atoms with van der Waals surface area (Å²) in [6.07, 6.45) is 14.7. The molecule has 0 spiro atoms. The molecule has 9 aromatic rings. The average Bonchev–Trinajstić information content (AvgIpc) is 1.97. The molecule has 21 heteroatoms. The Balaban J connectivity index is 0.000000176. The van der Waals surface area contributed by atoms with Gasteiger partial charge < -0.3 is 35.3 Å². The highest BCUT2D eigenvalue weighted by Crippen LogP contribution is 2.41. The number of hydrogen-bond donors (Lipinski definition) is 4. The first kappa shape index (κ1) is 61.0. The van der Waals surface area contributed by atoms with E-state index in [1.54, 1.807) is 35.5 Å². The lowest BCUT2D eigenvalue weighted by molar-refractivity contribution is -0.122. The van der Waals surface area contributed by atoms with Gasteiger partial charge in [0.2, 0.25) is 11.8 Å². The fourth-order valence-corrected chi connectivity index (χ4v) is 13.7. The quantitative estimate of drug-likeness (QED) is 0.0977. The number of pyridine rings is 2. The van der Waals surface area contributed by atoms with Crippen molar-refractivity contribution in [2.75, 3.05) is 55.2 Å². The fourth-order valence-electron chi connectivity index (χ4n) is 12.5. The van der Waals surface area contributed by atoms with Crippen LogP contribution in [0.3, 0.4) is 0 Å². The maximum atomic E-state index is 14.3. The Labute approximate surface area is 543 Å². The number of urea groups is 1. The zero-order valence-electron chi connectivity index (χ0n) is 48.4. The van der Waals surface area contributed by atoms with E-state index in [4.69, 9.17) is 44.8 Å². The van der Waals surface area contributed by atoms with Crippen LogP contribution in [0.1, 0.15) is 79.4 Å². The molecule has 2 fully saturated rings. The van der Waals surface area contributed by atoms with Gasteiger partial charge in [-0.05, 0) is 201 Å². The molecule has 16 nitrogen and oxygen atoms in total. The Hall–Kier alpha value is -7.26. The number of amides is 4. The summed E-state index contributed by atoms with van der Waals surface area (Å²) < 4.78 is 5.94. The molecule has 0 saturated carbocycles. The first-order chi connectivity index (χ1) is 42.6. The molecule has 2 aliphatic heterocycles. The smallest absolute Gasteiger partial charge is 0.322 e. The van der Waals surface area contributed by atoms with E-state index in [0.29, 0.717) is 60.7 Å². The maximum absolute atomic E-state index is 14.3. The molecule has 13 rings (SSSR count). The summed E-state index contributed by atoms with van der Waals surface area (Å²) in [5, 5.41) is 14.7. The molecule has 6 heterocycles. The number of imidazole rings is 2. The number of carbonyl (C=O) groups is 3. The van der Waals surface area contributed by atoms with E-state index in [2.05, 4.69) is 109 Å². The van der Waals surface area contributed by atoms with Gasteiger partial charge in [0.05, 0.1) is 53.6 Å². The normalized spacial score (nSPS) is 18.2. The third-order valence-corrected chi connectivity index (χ3v) is 18.1. The molecule has 5 aromatic carbocycles. The number of nitrogens with zero attached hydrogens (tertiary/aromatic N) is 9. The molecule has 88 heavy (non-hydrogen) atoms. The molecule has 4 atom stereocenters. The average molecular weight is 1370 g/mol. The minimum Gasteiger partial charge on any atom is -0.333 e. The first-order valence-electron chi connectivity index (χ1n) is 29.3. The van der Waals surface area contributed by atoms with Crippen LogP contribution in [0.4, 0.5) is 21.9 Å². The van der Waals surface area contributed by atoms with Crippen molar-refractivity contribution < 1.29 is 14.4 Å². The second kappa shape index (κ2) is 27.2. The van der Waals surface area contributed by atoms with E-state index in [1.165, 1.54) is 16.7 Å². The van der Waals surface area contributed by atoms with Gasteiger partial charge in [0.25, 0.3) is 0 Å². The van der Waals surface area contributed by atoms with E-state index >= 15 is 0 Å². The highest BCUT2D eigenvalue weighted by atomic mass is 79.9. The standard InChI is InChI=1S/C37H34BrCl2N7O2.C30H30BrClN6O/c1-23-19-45(22-42-23)20-24-3-2-4-31(15-24)43-36(48)33-21-46(13-14-47(33)37(49)44-30-10-7-28(39)8-11-30)35-32-12-9-29(40)17-25(32)5-6-26-16-27(38)18-41-34(26)35;1-19-15-37(18-35-19)16-20-3-2-4-25(11-20)36-30(39)27-17-38(10-9-33-27)29-26-8-7-24(32)13-21(26)5-6-22-12-23(31)14-34-28(22)29/h2-4,7-12,15-19,22,33,35H,5-6,13-14,20-21H2,1H3,(H,43,48)(H,44,49);2-4,7-8,11-15,18,27,29,33H,5-6,9-10,16-17H2,1H3,(H,36,39)/t33?,35-;27?,29-/m11/s1. The minimum absolute atomic E-state index is 0.0377. The predicted octanol–water partition coefficient (Wildman–Crippen LogP) is 12.9. The summed E-state index contributed by atoms with van der Waals surface area (Å²) in [5.41, 5.74) is 15.2. The van der Waals surface area contributed by atoms with E-state index in [0.717, 1.165) is 102 Å². The number of rotatable bonds is 11. The van der Waals surface area contributed by atoms with Gasteiger partial charge in [0, 0.05) is 118 Å². The van der Waals surface area contributed by atoms with Gasteiger partial charge in [0.15, 0.2) is 0 Å². The Morgan fingerprint density at radius 3 is 1.59 bits per heavy atom. The van der Waals surface area contributed by atoms with Crippen LogP contribution in [0, 0.1) is 13.8 Å². The van der Waals surface area contributed by atoms with Crippen LogP contribution < -0.4 is 21.3 Å². The van der Waals surface area contributed by atoms with Crippen molar-refractivity contribution >= 4 is 102 Å². The summed E-state index contributed by atoms with van der Waals surface area (Å²) in [6.45, 7) is 8.48. The molecule has 4 amide bonds. The summed E-state index contributed by atoms with van der Waals surface area (Å²) in [4.78, 5) is 66.3. The van der Waals surface area contributed by atoms with E-state index < -0.39 is 6.04 Å². The number of benzene rings is 5. The third-order valence-electron chi connectivity index (χ3n) is 16.5. The van der Waals surface area contributed by atoms with Gasteiger partial charge >= 0.3 is 6.03 Å². The number of anilines is 3. The molecule has 4 aliphatic rings. The second-order valence-electron chi connectivity index (χ2n) is 22.8. The van der Waals surface area contributed by atoms with Crippen LogP contribution in [0.15, 0.2) is 168 Å². The molecule has 0 bridgehead atoms. The molecule has 450 valence electrons. The monoisotopic (exact) mass is 1360 g/mol. The zero-order valence-corrected chi connectivity index (χ0v) is 53.9. The van der Waals surface area contributed by atoms with Gasteiger partial charge in [-0.3, -0.25) is 29.4 Å². The van der Waals surface area contributed by atoms with Crippen LogP contribution in [-0.2, 0) is 48.4 Å². The highest BCUT2D eigenvalue weighted by Gasteiger charge is 2.41. The van der Waals surface area contributed by atoms with Gasteiger partial charge in [-0.1, -0.05) is 71.2 Å². The van der Waals surface area contributed by atoms with Crippen molar-refractivity contribution in [3.05, 3.63) is 250 Å². The number of nitrogens with one attached hydrogen (secondary N) is 4. The lowest BCUT2D eigenvalue weighted by atomic mass is 9.95. The summed E-state index contributed by atoms with van der Waals surface area (Å²) in [6, 6.07) is 37.4. The van der Waals surface area contributed by atoms with Crippen molar-refractivity contribution in [1.29, 1.82) is 0 Å². The Morgan fingerprint density at radius 1 is 0.545 bits per heavy atom. The van der Waals surface area contributed by atoms with Crippen LogP contribution in [-0.4, -0.2) is 113 Å². The van der Waals surface area contributed by atoms with Crippen molar-refractivity contribution in [1.82, 2.24) is 49.1 Å². The Kier molecular flexibility index (Phi) is 18.9. The van der Waals surface area contributed by atoms with Crippen LogP contribution in [0.2, 0.25) is 15.1 Å². The fraction of sp³-hybridized carbons (Fsp3) is 0.269. The zero-order chi connectivity index (χ0) is 61.0. The molecule has 2 saturated heterocycles. The lowest BCUT2D eigenvalue weighted by Gasteiger charge is -2.43. The molecule has 4 aromatic heterocycles. The Bertz CT molecular complexity index is 3940. The topological polar surface area (TPSA) is 170 Å². The second-order valence-corrected chi connectivity index (χ2v) is 25.9. The number of fused-ring (bicyclic) bond motifs is 4. The minimum atomic E-state index is -0.807. The van der Waals surface area contributed by atoms with Crippen LogP contribution in [0.25, 0.3) is 0 Å². The summed E-state index contributed by atoms with van der Waals surface area (Å²) >= 11 is 26.2. The number of carbonyl (C=O) groups excluding carboxylic acids is 3. The lowest BCUT2D eigenvalue weighted by Crippen LogP contribution is -2.61. The maximum Gasteiger partial charge on any atom is 0.322 e.